The Morgan fingerprint density at radius 2 is 1.95 bits per heavy atom. The molecule has 2 aliphatic heterocycles. The molecule has 214 valence electrons. The Bertz CT molecular complexity index is 1470. The number of fused-ring (bicyclic) bond motifs is 1. The molecule has 0 bridgehead atoms. The highest BCUT2D eigenvalue weighted by atomic mass is 19.1. The topological polar surface area (TPSA) is 154 Å². The van der Waals surface area contributed by atoms with E-state index in [4.69, 9.17) is 16.3 Å². The zero-order chi connectivity index (χ0) is 29.1. The molecule has 1 saturated heterocycles. The maximum Gasteiger partial charge on any atom is 0.272 e. The number of amidine groups is 1. The molecule has 1 aromatic heterocycles. The van der Waals surface area contributed by atoms with Gasteiger partial charge in [-0.05, 0) is 48.0 Å². The van der Waals surface area contributed by atoms with Gasteiger partial charge in [-0.2, -0.15) is 0 Å². The lowest BCUT2D eigenvalue weighted by Crippen LogP contribution is -2.52. The fourth-order valence-corrected chi connectivity index (χ4v) is 5.03. The number of hydrazone groups is 1. The minimum absolute atomic E-state index is 0.164. The van der Waals surface area contributed by atoms with E-state index in [0.717, 1.165) is 16.4 Å². The first kappa shape index (κ1) is 27.8. The summed E-state index contributed by atoms with van der Waals surface area (Å²) in [6.07, 6.45) is 1.06. The van der Waals surface area contributed by atoms with Gasteiger partial charge in [0.15, 0.2) is 6.23 Å². The number of aromatic nitrogens is 1. The van der Waals surface area contributed by atoms with Crippen molar-refractivity contribution in [1.29, 1.82) is 0 Å². The summed E-state index contributed by atoms with van der Waals surface area (Å²) in [5.74, 6) is 5.80. The normalized spacial score (nSPS) is 17.7. The van der Waals surface area contributed by atoms with Gasteiger partial charge in [-0.3, -0.25) is 19.5 Å². The highest BCUT2D eigenvalue weighted by molar-refractivity contribution is 5.93. The molecule has 41 heavy (non-hydrogen) atoms. The molecular formula is C28H32FN9O3. The number of rotatable bonds is 7. The van der Waals surface area contributed by atoms with Crippen molar-refractivity contribution in [3.63, 3.8) is 0 Å². The number of hydrogen-bond donors (Lipinski definition) is 4. The Morgan fingerprint density at radius 3 is 2.66 bits per heavy atom. The van der Waals surface area contributed by atoms with Gasteiger partial charge in [0.25, 0.3) is 5.91 Å². The SMILES string of the molecule is CC(=O)Nc1ccc2c(c1)NC(c1ccnc(C(=O)N3CCN(C(/C(N)=N/N(C)N)c4cccc(F)c4)CC3)c1)O2. The minimum atomic E-state index is -0.515. The third kappa shape index (κ3) is 6.36. The Kier molecular flexibility index (Phi) is 7.99. The standard InChI is InChI=1S/C28H32FN9O3/c1-17(39)33-21-6-7-24-22(16-21)34-27(41-24)19-8-9-32-23(15-19)28(40)38-12-10-37(11-13-38)25(26(30)35-36(2)31)18-4-3-5-20(29)14-18/h3-9,14-16,25,27,34H,10-13,31H2,1-2H3,(H2,30,35)(H,33,39). The largest absolute Gasteiger partial charge is 0.464 e. The van der Waals surface area contributed by atoms with E-state index in [2.05, 4.69) is 20.7 Å². The van der Waals surface area contributed by atoms with E-state index in [9.17, 15) is 14.0 Å². The van der Waals surface area contributed by atoms with Crippen molar-refractivity contribution in [2.75, 3.05) is 43.9 Å². The first-order chi connectivity index (χ1) is 19.7. The molecule has 2 amide bonds. The molecule has 0 radical (unpaired) electrons. The van der Waals surface area contributed by atoms with Gasteiger partial charge >= 0.3 is 0 Å². The highest BCUT2D eigenvalue weighted by Crippen LogP contribution is 2.39. The fraction of sp³-hybridized carbons (Fsp3) is 0.286. The summed E-state index contributed by atoms with van der Waals surface area (Å²) >= 11 is 0. The summed E-state index contributed by atoms with van der Waals surface area (Å²) in [7, 11) is 1.56. The average molecular weight is 562 g/mol. The Labute approximate surface area is 236 Å². The van der Waals surface area contributed by atoms with Crippen molar-refractivity contribution in [2.45, 2.75) is 19.2 Å². The van der Waals surface area contributed by atoms with Crippen LogP contribution in [0.4, 0.5) is 15.8 Å². The summed E-state index contributed by atoms with van der Waals surface area (Å²) in [6.45, 7) is 3.24. The lowest BCUT2D eigenvalue weighted by molar-refractivity contribution is -0.114. The van der Waals surface area contributed by atoms with Crippen LogP contribution in [0.3, 0.4) is 0 Å². The number of nitrogens with one attached hydrogen (secondary N) is 2. The second kappa shape index (κ2) is 11.8. The number of pyridine rings is 1. The molecule has 3 aromatic rings. The van der Waals surface area contributed by atoms with E-state index in [1.54, 1.807) is 60.6 Å². The number of carbonyl (C=O) groups is 2. The van der Waals surface area contributed by atoms with Crippen LogP contribution in [0.2, 0.25) is 0 Å². The second-order valence-corrected chi connectivity index (χ2v) is 9.89. The summed E-state index contributed by atoms with van der Waals surface area (Å²) in [6, 6.07) is 14.5. The van der Waals surface area contributed by atoms with Crippen LogP contribution in [0.25, 0.3) is 0 Å². The van der Waals surface area contributed by atoms with Crippen molar-refractivity contribution in [3.8, 4) is 5.75 Å². The van der Waals surface area contributed by atoms with E-state index in [-0.39, 0.29) is 23.5 Å². The molecule has 5 rings (SSSR count). The molecule has 2 aliphatic rings. The summed E-state index contributed by atoms with van der Waals surface area (Å²) in [5.41, 5.74) is 9.36. The minimum Gasteiger partial charge on any atom is -0.464 e. The van der Waals surface area contributed by atoms with Crippen molar-refractivity contribution in [1.82, 2.24) is 19.9 Å². The number of hydrazine groups is 1. The van der Waals surface area contributed by atoms with Gasteiger partial charge in [0.2, 0.25) is 5.91 Å². The summed E-state index contributed by atoms with van der Waals surface area (Å²) < 4.78 is 20.1. The van der Waals surface area contributed by atoms with Crippen LogP contribution in [0.5, 0.6) is 5.75 Å². The predicted molar refractivity (Wildman–Crippen MR) is 152 cm³/mol. The third-order valence-electron chi connectivity index (χ3n) is 6.82. The fourth-order valence-electron chi connectivity index (χ4n) is 5.03. The summed E-state index contributed by atoms with van der Waals surface area (Å²) in [5, 5.41) is 11.3. The first-order valence-electron chi connectivity index (χ1n) is 13.1. The van der Waals surface area contributed by atoms with Gasteiger partial charge in [-0.1, -0.05) is 12.1 Å². The van der Waals surface area contributed by atoms with E-state index in [0.29, 0.717) is 48.9 Å². The molecule has 6 N–H and O–H groups in total. The molecule has 2 unspecified atom stereocenters. The molecule has 0 spiro atoms. The lowest BCUT2D eigenvalue weighted by atomic mass is 10.0. The maximum atomic E-state index is 14.0. The van der Waals surface area contributed by atoms with Crippen LogP contribution < -0.4 is 26.9 Å². The number of hydrogen-bond acceptors (Lipinski definition) is 9. The van der Waals surface area contributed by atoms with Gasteiger partial charge in [-0.15, -0.1) is 5.10 Å². The van der Waals surface area contributed by atoms with Crippen LogP contribution in [-0.4, -0.2) is 70.8 Å². The number of nitrogens with two attached hydrogens (primary N) is 2. The number of benzene rings is 2. The number of ether oxygens (including phenoxy) is 1. The summed E-state index contributed by atoms with van der Waals surface area (Å²) in [4.78, 5) is 32.9. The number of amides is 2. The van der Waals surface area contributed by atoms with Gasteiger partial charge in [0.05, 0.1) is 11.7 Å². The van der Waals surface area contributed by atoms with E-state index >= 15 is 0 Å². The molecular weight excluding hydrogens is 529 g/mol. The molecule has 13 heteroatoms. The monoisotopic (exact) mass is 561 g/mol. The maximum absolute atomic E-state index is 14.0. The number of anilines is 2. The molecule has 12 nitrogen and oxygen atoms in total. The van der Waals surface area contributed by atoms with Crippen molar-refractivity contribution < 1.29 is 18.7 Å². The van der Waals surface area contributed by atoms with Crippen molar-refractivity contribution >= 4 is 29.0 Å². The highest BCUT2D eigenvalue weighted by Gasteiger charge is 2.31. The Hall–Kier alpha value is -4.75. The first-order valence-corrected chi connectivity index (χ1v) is 13.1. The predicted octanol–water partition coefficient (Wildman–Crippen LogP) is 2.26. The van der Waals surface area contributed by atoms with Gasteiger partial charge < -0.3 is 26.0 Å². The van der Waals surface area contributed by atoms with Crippen LogP contribution in [0.15, 0.2) is 65.9 Å². The zero-order valence-corrected chi connectivity index (χ0v) is 22.8. The third-order valence-corrected chi connectivity index (χ3v) is 6.82. The van der Waals surface area contributed by atoms with Gasteiger partial charge in [0.1, 0.15) is 23.1 Å². The van der Waals surface area contributed by atoms with Crippen molar-refractivity contribution in [3.05, 3.63) is 83.4 Å². The molecule has 2 aromatic carbocycles. The molecule has 0 aliphatic carbocycles. The number of nitrogens with zero attached hydrogens (tertiary/aromatic N) is 5. The van der Waals surface area contributed by atoms with Gasteiger partial charge in [-0.25, -0.2) is 15.4 Å². The number of halogens is 1. The Balaban J connectivity index is 1.26. The van der Waals surface area contributed by atoms with Crippen LogP contribution in [0.1, 0.15) is 40.8 Å². The van der Waals surface area contributed by atoms with E-state index in [1.807, 2.05) is 4.90 Å². The average Bonchev–Trinajstić information content (AvgIpc) is 3.36. The van der Waals surface area contributed by atoms with Crippen LogP contribution in [0, 0.1) is 5.82 Å². The smallest absolute Gasteiger partial charge is 0.272 e. The zero-order valence-electron chi connectivity index (χ0n) is 22.8. The van der Waals surface area contributed by atoms with Gasteiger partial charge in [0, 0.05) is 57.6 Å². The molecule has 3 heterocycles. The second-order valence-electron chi connectivity index (χ2n) is 9.89. The quantitative estimate of drug-likeness (QED) is 0.147. The number of carbonyl (C=O) groups excluding carboxylic acids is 2. The van der Waals surface area contributed by atoms with E-state index in [1.165, 1.54) is 19.1 Å². The molecule has 1 fully saturated rings. The lowest BCUT2D eigenvalue weighted by Gasteiger charge is -2.39. The molecule has 2 atom stereocenters. The molecule has 0 saturated carbocycles. The van der Waals surface area contributed by atoms with Crippen LogP contribution in [-0.2, 0) is 4.79 Å². The number of piperazine rings is 1. The van der Waals surface area contributed by atoms with Crippen LogP contribution >= 0.6 is 0 Å². The van der Waals surface area contributed by atoms with Crippen molar-refractivity contribution in [2.24, 2.45) is 16.7 Å². The van der Waals surface area contributed by atoms with E-state index < -0.39 is 12.3 Å². The Morgan fingerprint density at radius 1 is 1.17 bits per heavy atom.